The average molecular weight is 316 g/mol. The summed E-state index contributed by atoms with van der Waals surface area (Å²) in [6, 6.07) is 2.02. The van der Waals surface area contributed by atoms with Crippen molar-refractivity contribution in [3.05, 3.63) is 33.8 Å². The monoisotopic (exact) mass is 316 g/mol. The third-order valence-electron chi connectivity index (χ3n) is 2.79. The van der Waals surface area contributed by atoms with E-state index in [9.17, 15) is 13.2 Å². The molecule has 8 heteroatoms. The van der Waals surface area contributed by atoms with Crippen LogP contribution in [0.3, 0.4) is 0 Å². The first kappa shape index (κ1) is 15.6. The third kappa shape index (κ3) is 4.07. The van der Waals surface area contributed by atoms with E-state index in [1.54, 1.807) is 12.4 Å². The fraction of sp³-hybridized carbons (Fsp3) is 0.385. The van der Waals surface area contributed by atoms with E-state index in [1.807, 2.05) is 6.92 Å². The molecule has 0 aliphatic rings. The number of aryl methyl sites for hydroxylation is 1. The number of nitrogens with one attached hydrogen (secondary N) is 2. The van der Waals surface area contributed by atoms with Crippen molar-refractivity contribution < 1.29 is 13.2 Å². The minimum atomic E-state index is -4.40. The van der Waals surface area contributed by atoms with Gasteiger partial charge in [0.15, 0.2) is 0 Å². The molecule has 114 valence electrons. The molecule has 0 amide bonds. The molecule has 2 rings (SSSR count). The molecule has 2 heterocycles. The number of thiazole rings is 1. The van der Waals surface area contributed by atoms with Crippen LogP contribution in [0.25, 0.3) is 0 Å². The normalized spacial score (nSPS) is 11.5. The number of halogens is 3. The zero-order valence-corrected chi connectivity index (χ0v) is 12.4. The van der Waals surface area contributed by atoms with Crippen LogP contribution < -0.4 is 10.6 Å². The number of rotatable bonds is 5. The Bertz CT molecular complexity index is 610. The van der Waals surface area contributed by atoms with E-state index >= 15 is 0 Å². The number of aromatic nitrogens is 2. The molecule has 0 spiro atoms. The van der Waals surface area contributed by atoms with Crippen LogP contribution in [-0.2, 0) is 12.7 Å². The Labute approximate surface area is 124 Å². The van der Waals surface area contributed by atoms with Crippen molar-refractivity contribution in [3.8, 4) is 0 Å². The van der Waals surface area contributed by atoms with Gasteiger partial charge in [-0.1, -0.05) is 0 Å². The summed E-state index contributed by atoms with van der Waals surface area (Å²) in [5.41, 5.74) is 1.85. The van der Waals surface area contributed by atoms with Crippen LogP contribution >= 0.6 is 11.3 Å². The molecule has 21 heavy (non-hydrogen) atoms. The second kappa shape index (κ2) is 6.30. The van der Waals surface area contributed by atoms with Crippen molar-refractivity contribution in [2.45, 2.75) is 26.6 Å². The highest BCUT2D eigenvalue weighted by Gasteiger charge is 2.31. The highest BCUT2D eigenvalue weighted by atomic mass is 32.1. The maximum absolute atomic E-state index is 12.9. The highest BCUT2D eigenvalue weighted by molar-refractivity contribution is 7.09. The lowest BCUT2D eigenvalue weighted by Crippen LogP contribution is -2.10. The van der Waals surface area contributed by atoms with E-state index in [0.29, 0.717) is 13.1 Å². The lowest BCUT2D eigenvalue weighted by Gasteiger charge is -2.13. The first-order chi connectivity index (χ1) is 9.90. The Kier molecular flexibility index (Phi) is 4.66. The van der Waals surface area contributed by atoms with Crippen molar-refractivity contribution in [2.75, 3.05) is 17.2 Å². The first-order valence-corrected chi connectivity index (χ1v) is 7.24. The first-order valence-electron chi connectivity index (χ1n) is 6.36. The third-order valence-corrected chi connectivity index (χ3v) is 3.72. The van der Waals surface area contributed by atoms with Gasteiger partial charge in [-0.15, -0.1) is 11.3 Å². The summed E-state index contributed by atoms with van der Waals surface area (Å²) in [7, 11) is 0. The van der Waals surface area contributed by atoms with Crippen LogP contribution in [-0.4, -0.2) is 16.5 Å². The minimum absolute atomic E-state index is 0.188. The Morgan fingerprint density at radius 2 is 1.86 bits per heavy atom. The van der Waals surface area contributed by atoms with Gasteiger partial charge in [0.2, 0.25) is 0 Å². The van der Waals surface area contributed by atoms with Crippen LogP contribution in [0.1, 0.15) is 23.1 Å². The molecule has 2 aromatic rings. The molecule has 4 nitrogen and oxygen atoms in total. The summed E-state index contributed by atoms with van der Waals surface area (Å²) in [5, 5.41) is 5.72. The predicted octanol–water partition coefficient (Wildman–Crippen LogP) is 3.91. The van der Waals surface area contributed by atoms with Gasteiger partial charge < -0.3 is 10.6 Å². The fourth-order valence-electron chi connectivity index (χ4n) is 1.72. The van der Waals surface area contributed by atoms with E-state index in [4.69, 9.17) is 0 Å². The van der Waals surface area contributed by atoms with E-state index in [2.05, 4.69) is 20.6 Å². The number of hydrogen-bond donors (Lipinski definition) is 2. The van der Waals surface area contributed by atoms with Crippen LogP contribution in [0.4, 0.5) is 24.8 Å². The van der Waals surface area contributed by atoms with Crippen LogP contribution in [0.5, 0.6) is 0 Å². The molecule has 0 radical (unpaired) electrons. The van der Waals surface area contributed by atoms with Gasteiger partial charge in [0, 0.05) is 11.4 Å². The SMILES string of the molecule is CCNc1cc(C(F)(F)F)cc(NCc2scnc2C)n1. The van der Waals surface area contributed by atoms with Gasteiger partial charge in [0.1, 0.15) is 11.6 Å². The molecule has 0 atom stereocenters. The van der Waals surface area contributed by atoms with Crippen LogP contribution in [0.2, 0.25) is 0 Å². The smallest absolute Gasteiger partial charge is 0.370 e. The number of pyridine rings is 1. The molecule has 0 saturated carbocycles. The number of anilines is 2. The quantitative estimate of drug-likeness (QED) is 0.878. The highest BCUT2D eigenvalue weighted by Crippen LogP contribution is 2.32. The fourth-order valence-corrected chi connectivity index (χ4v) is 2.44. The van der Waals surface area contributed by atoms with Crippen LogP contribution in [0, 0.1) is 6.92 Å². The molecule has 0 aliphatic heterocycles. The van der Waals surface area contributed by atoms with Crippen molar-refractivity contribution in [2.24, 2.45) is 0 Å². The summed E-state index contributed by atoms with van der Waals surface area (Å²) in [4.78, 5) is 9.20. The van der Waals surface area contributed by atoms with Gasteiger partial charge in [0.25, 0.3) is 0 Å². The molecule has 2 aromatic heterocycles. The summed E-state index contributed by atoms with van der Waals surface area (Å²) >= 11 is 1.45. The van der Waals surface area contributed by atoms with Gasteiger partial charge in [-0.05, 0) is 26.0 Å². The summed E-state index contributed by atoms with van der Waals surface area (Å²) in [6.45, 7) is 4.56. The predicted molar refractivity (Wildman–Crippen MR) is 77.6 cm³/mol. The number of hydrogen-bond acceptors (Lipinski definition) is 5. The van der Waals surface area contributed by atoms with Gasteiger partial charge in [-0.25, -0.2) is 9.97 Å². The maximum atomic E-state index is 12.9. The molecule has 0 fully saturated rings. The molecular weight excluding hydrogens is 301 g/mol. The standard InChI is InChI=1S/C13H15F3N4S/c1-3-17-11-4-9(13(14,15)16)5-12(20-11)18-6-10-8(2)19-7-21-10/h4-5,7H,3,6H2,1-2H3,(H2,17,18,20). The van der Waals surface area contributed by atoms with Gasteiger partial charge in [0.05, 0.1) is 23.3 Å². The molecule has 0 saturated heterocycles. The molecule has 0 bridgehead atoms. The van der Waals surface area contributed by atoms with Crippen molar-refractivity contribution in [1.82, 2.24) is 9.97 Å². The van der Waals surface area contributed by atoms with Crippen molar-refractivity contribution in [1.29, 1.82) is 0 Å². The van der Waals surface area contributed by atoms with Crippen molar-refractivity contribution >= 4 is 23.0 Å². The van der Waals surface area contributed by atoms with Crippen molar-refractivity contribution in [3.63, 3.8) is 0 Å². The Balaban J connectivity index is 2.21. The van der Waals surface area contributed by atoms with E-state index in [0.717, 1.165) is 22.7 Å². The Hall–Kier alpha value is -1.83. The Morgan fingerprint density at radius 3 is 2.38 bits per heavy atom. The minimum Gasteiger partial charge on any atom is -0.370 e. The second-order valence-corrected chi connectivity index (χ2v) is 5.31. The molecular formula is C13H15F3N4S. The maximum Gasteiger partial charge on any atom is 0.416 e. The topological polar surface area (TPSA) is 49.8 Å². The summed E-state index contributed by atoms with van der Waals surface area (Å²) in [6.07, 6.45) is -4.40. The molecule has 0 aliphatic carbocycles. The molecule has 0 unspecified atom stereocenters. The van der Waals surface area contributed by atoms with E-state index < -0.39 is 11.7 Å². The van der Waals surface area contributed by atoms with Gasteiger partial charge in [-0.2, -0.15) is 13.2 Å². The average Bonchev–Trinajstić information content (AvgIpc) is 2.81. The number of alkyl halides is 3. The molecule has 0 aromatic carbocycles. The Morgan fingerprint density at radius 1 is 1.19 bits per heavy atom. The summed E-state index contributed by atoms with van der Waals surface area (Å²) < 4.78 is 38.6. The lowest BCUT2D eigenvalue weighted by molar-refractivity contribution is -0.137. The lowest BCUT2D eigenvalue weighted by atomic mass is 10.2. The number of nitrogens with zero attached hydrogens (tertiary/aromatic N) is 2. The zero-order valence-electron chi connectivity index (χ0n) is 11.6. The molecule has 2 N–H and O–H groups in total. The largest absolute Gasteiger partial charge is 0.416 e. The second-order valence-electron chi connectivity index (χ2n) is 4.37. The van der Waals surface area contributed by atoms with E-state index in [-0.39, 0.29) is 11.6 Å². The zero-order chi connectivity index (χ0) is 15.5. The summed E-state index contributed by atoms with van der Waals surface area (Å²) in [5.74, 6) is 0.393. The van der Waals surface area contributed by atoms with E-state index in [1.165, 1.54) is 11.3 Å². The van der Waals surface area contributed by atoms with Gasteiger partial charge in [-0.3, -0.25) is 0 Å². The van der Waals surface area contributed by atoms with Crippen LogP contribution in [0.15, 0.2) is 17.6 Å². The van der Waals surface area contributed by atoms with Gasteiger partial charge >= 0.3 is 6.18 Å².